The van der Waals surface area contributed by atoms with Crippen molar-refractivity contribution in [2.45, 2.75) is 32.7 Å². The minimum Gasteiger partial charge on any atom is -0.481 e. The first-order chi connectivity index (χ1) is 8.50. The molecule has 0 unspecified atom stereocenters. The van der Waals surface area contributed by atoms with E-state index in [2.05, 4.69) is 0 Å². The van der Waals surface area contributed by atoms with Gasteiger partial charge in [-0.25, -0.2) is 0 Å². The summed E-state index contributed by atoms with van der Waals surface area (Å²) in [5.74, 6) is -1.40. The SMILES string of the molecule is Cc1cscc1C(=O)N(C[C@H](C)C(=O)O)C1CC1. The van der Waals surface area contributed by atoms with Crippen LogP contribution in [-0.2, 0) is 4.79 Å². The number of carbonyl (C=O) groups is 2. The van der Waals surface area contributed by atoms with Crippen molar-refractivity contribution in [3.8, 4) is 0 Å². The summed E-state index contributed by atoms with van der Waals surface area (Å²) in [6.45, 7) is 3.86. The third-order valence-electron chi connectivity index (χ3n) is 3.23. The molecule has 98 valence electrons. The van der Waals surface area contributed by atoms with E-state index < -0.39 is 11.9 Å². The highest BCUT2D eigenvalue weighted by molar-refractivity contribution is 7.08. The summed E-state index contributed by atoms with van der Waals surface area (Å²) in [6.07, 6.45) is 1.97. The Morgan fingerprint density at radius 3 is 2.61 bits per heavy atom. The second kappa shape index (κ2) is 5.10. The summed E-state index contributed by atoms with van der Waals surface area (Å²) in [4.78, 5) is 25.1. The fourth-order valence-corrected chi connectivity index (χ4v) is 2.71. The molecular weight excluding hydrogens is 250 g/mol. The maximum absolute atomic E-state index is 12.4. The average molecular weight is 267 g/mol. The van der Waals surface area contributed by atoms with Crippen LogP contribution in [0.4, 0.5) is 0 Å². The minimum atomic E-state index is -0.851. The van der Waals surface area contributed by atoms with Crippen molar-refractivity contribution in [2.75, 3.05) is 6.54 Å². The van der Waals surface area contributed by atoms with Gasteiger partial charge in [-0.15, -0.1) is 0 Å². The molecule has 0 aliphatic heterocycles. The number of aryl methyl sites for hydroxylation is 1. The first kappa shape index (κ1) is 13.1. The summed E-state index contributed by atoms with van der Waals surface area (Å²) in [5.41, 5.74) is 1.68. The standard InChI is InChI=1S/C13H17NO3S/c1-8(13(16)17)5-14(10-3-4-10)12(15)11-7-18-6-9(11)2/h6-8,10H,3-5H2,1-2H3,(H,16,17)/t8-/m0/s1. The van der Waals surface area contributed by atoms with Crippen LogP contribution < -0.4 is 0 Å². The molecule has 1 saturated carbocycles. The van der Waals surface area contributed by atoms with E-state index in [1.165, 1.54) is 11.3 Å². The summed E-state index contributed by atoms with van der Waals surface area (Å²) < 4.78 is 0. The minimum absolute atomic E-state index is 0.0237. The lowest BCUT2D eigenvalue weighted by atomic mass is 10.1. The van der Waals surface area contributed by atoms with E-state index in [1.807, 2.05) is 17.7 Å². The number of thiophene rings is 1. The van der Waals surface area contributed by atoms with E-state index in [1.54, 1.807) is 11.8 Å². The highest BCUT2D eigenvalue weighted by atomic mass is 32.1. The van der Waals surface area contributed by atoms with Crippen LogP contribution in [0.25, 0.3) is 0 Å². The molecule has 1 aromatic rings. The summed E-state index contributed by atoms with van der Waals surface area (Å²) >= 11 is 1.51. The van der Waals surface area contributed by atoms with Crippen LogP contribution in [0.1, 0.15) is 35.7 Å². The Hall–Kier alpha value is -1.36. The van der Waals surface area contributed by atoms with Gasteiger partial charge in [-0.3, -0.25) is 9.59 Å². The van der Waals surface area contributed by atoms with Crippen molar-refractivity contribution in [1.29, 1.82) is 0 Å². The van der Waals surface area contributed by atoms with E-state index in [-0.39, 0.29) is 11.9 Å². The van der Waals surface area contributed by atoms with E-state index in [4.69, 9.17) is 5.11 Å². The average Bonchev–Trinajstić information content (AvgIpc) is 3.07. The Bertz CT molecular complexity index is 465. The van der Waals surface area contributed by atoms with Gasteiger partial charge < -0.3 is 10.0 Å². The summed E-state index contributed by atoms with van der Waals surface area (Å²) in [5, 5.41) is 12.8. The number of carboxylic acids is 1. The number of carboxylic acid groups (broad SMARTS) is 1. The molecule has 0 saturated heterocycles. The highest BCUT2D eigenvalue weighted by Gasteiger charge is 2.35. The first-order valence-corrected chi connectivity index (χ1v) is 7.01. The van der Waals surface area contributed by atoms with Crippen LogP contribution in [0.2, 0.25) is 0 Å². The van der Waals surface area contributed by atoms with Gasteiger partial charge >= 0.3 is 5.97 Å². The lowest BCUT2D eigenvalue weighted by Gasteiger charge is -2.24. The number of rotatable bonds is 5. The Labute approximate surface area is 110 Å². The van der Waals surface area contributed by atoms with E-state index in [0.29, 0.717) is 12.1 Å². The molecule has 0 radical (unpaired) electrons. The molecule has 0 bridgehead atoms. The molecule has 18 heavy (non-hydrogen) atoms. The molecule has 1 amide bonds. The molecule has 1 heterocycles. The molecular formula is C13H17NO3S. The second-order valence-corrected chi connectivity index (χ2v) is 5.64. The third kappa shape index (κ3) is 2.72. The van der Waals surface area contributed by atoms with Crippen molar-refractivity contribution in [1.82, 2.24) is 4.90 Å². The molecule has 0 spiro atoms. The Morgan fingerprint density at radius 1 is 1.50 bits per heavy atom. The lowest BCUT2D eigenvalue weighted by Crippen LogP contribution is -2.38. The second-order valence-electron chi connectivity index (χ2n) is 4.90. The lowest BCUT2D eigenvalue weighted by molar-refractivity contribution is -0.141. The predicted octanol–water partition coefficient (Wildman–Crippen LogP) is 2.38. The molecule has 1 atom stereocenters. The number of aliphatic carboxylic acids is 1. The maximum atomic E-state index is 12.4. The first-order valence-electron chi connectivity index (χ1n) is 6.07. The van der Waals surface area contributed by atoms with Gasteiger partial charge in [0.1, 0.15) is 0 Å². The van der Waals surface area contributed by atoms with Gasteiger partial charge in [-0.1, -0.05) is 6.92 Å². The molecule has 5 heteroatoms. The van der Waals surface area contributed by atoms with Gasteiger partial charge in [-0.05, 0) is 30.7 Å². The monoisotopic (exact) mass is 267 g/mol. The molecule has 1 aromatic heterocycles. The Kier molecular flexibility index (Phi) is 3.71. The van der Waals surface area contributed by atoms with Gasteiger partial charge in [0, 0.05) is 18.0 Å². The topological polar surface area (TPSA) is 57.6 Å². The molecule has 1 fully saturated rings. The van der Waals surface area contributed by atoms with Crippen LogP contribution in [0.5, 0.6) is 0 Å². The van der Waals surface area contributed by atoms with E-state index >= 15 is 0 Å². The van der Waals surface area contributed by atoms with Crippen LogP contribution in [0.3, 0.4) is 0 Å². The molecule has 1 aliphatic carbocycles. The summed E-state index contributed by atoms with van der Waals surface area (Å²) in [7, 11) is 0. The van der Waals surface area contributed by atoms with E-state index in [0.717, 1.165) is 18.4 Å². The zero-order chi connectivity index (χ0) is 13.3. The van der Waals surface area contributed by atoms with Crippen LogP contribution in [0.15, 0.2) is 10.8 Å². The largest absolute Gasteiger partial charge is 0.481 e. The Morgan fingerprint density at radius 2 is 2.17 bits per heavy atom. The fourth-order valence-electron chi connectivity index (χ4n) is 1.89. The number of amides is 1. The Balaban J connectivity index is 2.13. The molecule has 0 aromatic carbocycles. The third-order valence-corrected chi connectivity index (χ3v) is 4.09. The van der Waals surface area contributed by atoms with Crippen molar-refractivity contribution < 1.29 is 14.7 Å². The number of carbonyl (C=O) groups excluding carboxylic acids is 1. The van der Waals surface area contributed by atoms with Gasteiger partial charge in [0.05, 0.1) is 11.5 Å². The molecule has 1 aliphatic rings. The molecule has 4 nitrogen and oxygen atoms in total. The number of nitrogens with zero attached hydrogens (tertiary/aromatic N) is 1. The van der Waals surface area contributed by atoms with Crippen molar-refractivity contribution in [2.24, 2.45) is 5.92 Å². The summed E-state index contributed by atoms with van der Waals surface area (Å²) in [6, 6.07) is 0.235. The van der Waals surface area contributed by atoms with Gasteiger partial charge in [0.2, 0.25) is 0 Å². The van der Waals surface area contributed by atoms with Crippen LogP contribution in [-0.4, -0.2) is 34.5 Å². The van der Waals surface area contributed by atoms with Crippen LogP contribution in [0, 0.1) is 12.8 Å². The van der Waals surface area contributed by atoms with Crippen molar-refractivity contribution in [3.05, 3.63) is 21.9 Å². The zero-order valence-electron chi connectivity index (χ0n) is 10.5. The van der Waals surface area contributed by atoms with E-state index in [9.17, 15) is 9.59 Å². The number of hydrogen-bond donors (Lipinski definition) is 1. The van der Waals surface area contributed by atoms with Crippen molar-refractivity contribution in [3.63, 3.8) is 0 Å². The molecule has 1 N–H and O–H groups in total. The quantitative estimate of drug-likeness (QED) is 0.891. The maximum Gasteiger partial charge on any atom is 0.308 e. The van der Waals surface area contributed by atoms with Crippen LogP contribution >= 0.6 is 11.3 Å². The van der Waals surface area contributed by atoms with Gasteiger partial charge in [0.25, 0.3) is 5.91 Å². The molecule has 2 rings (SSSR count). The smallest absolute Gasteiger partial charge is 0.308 e. The normalized spacial score (nSPS) is 16.3. The zero-order valence-corrected chi connectivity index (χ0v) is 11.4. The van der Waals surface area contributed by atoms with Gasteiger partial charge in [0.15, 0.2) is 0 Å². The fraction of sp³-hybridized carbons (Fsp3) is 0.538. The van der Waals surface area contributed by atoms with Gasteiger partial charge in [-0.2, -0.15) is 11.3 Å². The predicted molar refractivity (Wildman–Crippen MR) is 69.9 cm³/mol. The highest BCUT2D eigenvalue weighted by Crippen LogP contribution is 2.30. The number of hydrogen-bond acceptors (Lipinski definition) is 3. The van der Waals surface area contributed by atoms with Crippen molar-refractivity contribution >= 4 is 23.2 Å².